The van der Waals surface area contributed by atoms with Crippen LogP contribution in [0.25, 0.3) is 5.76 Å². The lowest BCUT2D eigenvalue weighted by Gasteiger charge is -2.23. The van der Waals surface area contributed by atoms with E-state index >= 15 is 0 Å². The minimum absolute atomic E-state index is 0.0841. The van der Waals surface area contributed by atoms with Crippen molar-refractivity contribution in [2.24, 2.45) is 0 Å². The first-order valence-electron chi connectivity index (χ1n) is 12.6. The van der Waals surface area contributed by atoms with E-state index in [1.165, 1.54) is 16.7 Å². The van der Waals surface area contributed by atoms with Gasteiger partial charge in [-0.2, -0.15) is 0 Å². The SMILES string of the molecule is COc1ccc(C2C(=C(O)c3ccc4c(c3)OCCO4)C(=O)C(=O)N2c2nnc(SCc3ccc(Cl)cc3Cl)s2)cc1. The molecule has 3 heterocycles. The van der Waals surface area contributed by atoms with Crippen LogP contribution in [0.15, 0.2) is 70.6 Å². The van der Waals surface area contributed by atoms with Crippen molar-refractivity contribution in [3.8, 4) is 17.2 Å². The summed E-state index contributed by atoms with van der Waals surface area (Å²) in [5.74, 6) is 0.0399. The molecule has 3 aromatic carbocycles. The highest BCUT2D eigenvalue weighted by Crippen LogP contribution is 2.45. The highest BCUT2D eigenvalue weighted by molar-refractivity contribution is 8.00. The van der Waals surface area contributed by atoms with Crippen LogP contribution in [-0.2, 0) is 15.3 Å². The van der Waals surface area contributed by atoms with Gasteiger partial charge >= 0.3 is 5.91 Å². The molecule has 0 spiro atoms. The van der Waals surface area contributed by atoms with E-state index in [1.807, 2.05) is 6.07 Å². The first-order valence-corrected chi connectivity index (χ1v) is 15.1. The molecule has 2 aliphatic heterocycles. The van der Waals surface area contributed by atoms with Gasteiger partial charge < -0.3 is 19.3 Å². The summed E-state index contributed by atoms with van der Waals surface area (Å²) in [5, 5.41) is 21.2. The molecule has 0 aliphatic carbocycles. The van der Waals surface area contributed by atoms with Crippen molar-refractivity contribution in [2.75, 3.05) is 25.2 Å². The molecule has 0 radical (unpaired) electrons. The van der Waals surface area contributed by atoms with Gasteiger partial charge in [-0.05, 0) is 53.6 Å². The van der Waals surface area contributed by atoms with Gasteiger partial charge in [0.1, 0.15) is 24.7 Å². The summed E-state index contributed by atoms with van der Waals surface area (Å²) in [4.78, 5) is 28.3. The summed E-state index contributed by atoms with van der Waals surface area (Å²) in [6, 6.07) is 16.0. The largest absolute Gasteiger partial charge is 0.507 e. The molecule has 0 bridgehead atoms. The number of hydrogen-bond acceptors (Lipinski definition) is 10. The number of rotatable bonds is 7. The number of thioether (sulfide) groups is 1. The minimum Gasteiger partial charge on any atom is -0.507 e. The summed E-state index contributed by atoms with van der Waals surface area (Å²) in [6.45, 7) is 0.769. The number of amides is 1. The van der Waals surface area contributed by atoms with Gasteiger partial charge in [0.2, 0.25) is 5.13 Å². The van der Waals surface area contributed by atoms with Gasteiger partial charge in [-0.1, -0.05) is 64.5 Å². The maximum absolute atomic E-state index is 13.5. The molecule has 6 rings (SSSR count). The highest BCUT2D eigenvalue weighted by Gasteiger charge is 2.48. The quantitative estimate of drug-likeness (QED) is 0.0790. The number of aliphatic hydroxyl groups excluding tert-OH is 1. The van der Waals surface area contributed by atoms with E-state index < -0.39 is 17.7 Å². The van der Waals surface area contributed by atoms with Crippen molar-refractivity contribution in [3.05, 3.63) is 93.0 Å². The number of carbonyl (C=O) groups is 2. The van der Waals surface area contributed by atoms with Crippen LogP contribution in [0.5, 0.6) is 17.2 Å². The Morgan fingerprint density at radius 1 is 1.05 bits per heavy atom. The van der Waals surface area contributed by atoms with Crippen LogP contribution >= 0.6 is 46.3 Å². The number of anilines is 1. The molecule has 4 aromatic rings. The Hall–Kier alpha value is -3.77. The second kappa shape index (κ2) is 11.8. The smallest absolute Gasteiger partial charge is 0.301 e. The third-order valence-electron chi connectivity index (χ3n) is 6.66. The number of ether oxygens (including phenoxy) is 3. The molecule has 1 unspecified atom stereocenters. The maximum Gasteiger partial charge on any atom is 0.301 e. The van der Waals surface area contributed by atoms with Crippen molar-refractivity contribution >= 4 is 68.9 Å². The number of halogens is 2. The third kappa shape index (κ3) is 5.40. The van der Waals surface area contributed by atoms with E-state index in [-0.39, 0.29) is 16.5 Å². The number of fused-ring (bicyclic) bond motifs is 1. The van der Waals surface area contributed by atoms with Crippen LogP contribution in [0.1, 0.15) is 22.7 Å². The Kier molecular flexibility index (Phi) is 8.00. The zero-order chi connectivity index (χ0) is 29.4. The minimum atomic E-state index is -0.972. The van der Waals surface area contributed by atoms with Crippen LogP contribution in [0.3, 0.4) is 0 Å². The number of aliphatic hydroxyl groups is 1. The first-order chi connectivity index (χ1) is 20.3. The van der Waals surface area contributed by atoms with Crippen molar-refractivity contribution in [3.63, 3.8) is 0 Å². The number of carbonyl (C=O) groups excluding carboxylic acids is 2. The van der Waals surface area contributed by atoms with Gasteiger partial charge in [0.25, 0.3) is 5.78 Å². The molecule has 1 fully saturated rings. The van der Waals surface area contributed by atoms with Gasteiger partial charge in [0.15, 0.2) is 15.8 Å². The topological polar surface area (TPSA) is 111 Å². The van der Waals surface area contributed by atoms with Gasteiger partial charge in [-0.25, -0.2) is 0 Å². The molecule has 0 saturated carbocycles. The third-order valence-corrected chi connectivity index (χ3v) is 9.35. The summed E-state index contributed by atoms with van der Waals surface area (Å²) in [5.41, 5.74) is 1.66. The lowest BCUT2D eigenvalue weighted by Crippen LogP contribution is -2.29. The molecular formula is C29H21Cl2N3O6S2. The summed E-state index contributed by atoms with van der Waals surface area (Å²) in [6.07, 6.45) is 0. The number of nitrogens with zero attached hydrogens (tertiary/aromatic N) is 3. The lowest BCUT2D eigenvalue weighted by atomic mass is 9.95. The second-order valence-electron chi connectivity index (χ2n) is 9.18. The predicted molar refractivity (Wildman–Crippen MR) is 161 cm³/mol. The summed E-state index contributed by atoms with van der Waals surface area (Å²) < 4.78 is 17.1. The molecule has 1 saturated heterocycles. The average molecular weight is 643 g/mol. The van der Waals surface area contributed by atoms with E-state index in [0.29, 0.717) is 61.7 Å². The van der Waals surface area contributed by atoms with Crippen molar-refractivity contribution in [1.29, 1.82) is 0 Å². The standard InChI is InChI=1S/C29H21Cl2N3O6S2/c1-38-19-7-3-15(4-8-19)24-23(25(35)16-5-9-21-22(12-16)40-11-10-39-21)26(36)27(37)34(24)28-32-33-29(42-28)41-14-17-2-6-18(30)13-20(17)31/h2-9,12-13,24,35H,10-11,14H2,1H3. The van der Waals surface area contributed by atoms with Crippen molar-refractivity contribution < 1.29 is 28.9 Å². The molecule has 1 amide bonds. The monoisotopic (exact) mass is 641 g/mol. The Morgan fingerprint density at radius 2 is 1.81 bits per heavy atom. The van der Waals surface area contributed by atoms with E-state index in [2.05, 4.69) is 10.2 Å². The van der Waals surface area contributed by atoms with E-state index in [4.69, 9.17) is 37.4 Å². The maximum atomic E-state index is 13.5. The van der Waals surface area contributed by atoms with Gasteiger partial charge in [0.05, 0.1) is 18.7 Å². The highest BCUT2D eigenvalue weighted by atomic mass is 35.5. The van der Waals surface area contributed by atoms with Crippen LogP contribution in [0, 0.1) is 0 Å². The van der Waals surface area contributed by atoms with Crippen molar-refractivity contribution in [2.45, 2.75) is 16.1 Å². The average Bonchev–Trinajstić information content (AvgIpc) is 3.57. The molecule has 1 aromatic heterocycles. The van der Waals surface area contributed by atoms with Crippen LogP contribution in [-0.4, -0.2) is 47.3 Å². The fourth-order valence-corrected chi connectivity index (χ4v) is 7.04. The van der Waals surface area contributed by atoms with Gasteiger partial charge in [0, 0.05) is 21.4 Å². The van der Waals surface area contributed by atoms with E-state index in [1.54, 1.807) is 61.7 Å². The van der Waals surface area contributed by atoms with Crippen LogP contribution in [0.4, 0.5) is 5.13 Å². The molecule has 1 atom stereocenters. The summed E-state index contributed by atoms with van der Waals surface area (Å²) in [7, 11) is 1.54. The lowest BCUT2D eigenvalue weighted by molar-refractivity contribution is -0.132. The van der Waals surface area contributed by atoms with E-state index in [0.717, 1.165) is 16.9 Å². The number of benzene rings is 3. The first kappa shape index (κ1) is 28.4. The Bertz CT molecular complexity index is 1730. The van der Waals surface area contributed by atoms with Crippen LogP contribution in [0.2, 0.25) is 10.0 Å². The Labute approximate surface area is 258 Å². The second-order valence-corrected chi connectivity index (χ2v) is 12.2. The molecule has 214 valence electrons. The summed E-state index contributed by atoms with van der Waals surface area (Å²) >= 11 is 14.9. The number of methoxy groups -OCH3 is 1. The van der Waals surface area contributed by atoms with E-state index in [9.17, 15) is 14.7 Å². The number of hydrogen-bond donors (Lipinski definition) is 1. The Balaban J connectivity index is 1.38. The van der Waals surface area contributed by atoms with Crippen LogP contribution < -0.4 is 19.1 Å². The number of aromatic nitrogens is 2. The van der Waals surface area contributed by atoms with Crippen molar-refractivity contribution in [1.82, 2.24) is 10.2 Å². The fourth-order valence-electron chi connectivity index (χ4n) is 4.61. The normalized spacial score (nSPS) is 17.5. The molecule has 9 nitrogen and oxygen atoms in total. The number of Topliss-reactive ketones (excluding diaryl/α,β-unsaturated/α-hetero) is 1. The molecule has 42 heavy (non-hydrogen) atoms. The van der Waals surface area contributed by atoms with Gasteiger partial charge in [-0.15, -0.1) is 10.2 Å². The molecule has 13 heteroatoms. The zero-order valence-corrected chi connectivity index (χ0v) is 25.0. The zero-order valence-electron chi connectivity index (χ0n) is 21.9. The van der Waals surface area contributed by atoms with Gasteiger partial charge in [-0.3, -0.25) is 14.5 Å². The predicted octanol–water partition coefficient (Wildman–Crippen LogP) is 6.54. The molecule has 2 aliphatic rings. The molecular weight excluding hydrogens is 621 g/mol. The Morgan fingerprint density at radius 3 is 2.55 bits per heavy atom. The fraction of sp³-hybridized carbons (Fsp3) is 0.172. The number of ketones is 1. The molecule has 1 N–H and O–H groups in total.